The molecular weight excluding hydrogens is 240 g/mol. The lowest BCUT2D eigenvalue weighted by Crippen LogP contribution is -2.38. The van der Waals surface area contributed by atoms with Gasteiger partial charge in [-0.25, -0.2) is 0 Å². The highest BCUT2D eigenvalue weighted by Gasteiger charge is 2.26. The van der Waals surface area contributed by atoms with Crippen molar-refractivity contribution in [3.8, 4) is 0 Å². The van der Waals surface area contributed by atoms with Crippen LogP contribution in [0.15, 0.2) is 6.20 Å². The van der Waals surface area contributed by atoms with Crippen molar-refractivity contribution < 1.29 is 4.79 Å². The van der Waals surface area contributed by atoms with Crippen molar-refractivity contribution >= 4 is 11.6 Å². The van der Waals surface area contributed by atoms with Gasteiger partial charge >= 0.3 is 0 Å². The van der Waals surface area contributed by atoms with Crippen LogP contribution >= 0.6 is 0 Å². The second kappa shape index (κ2) is 6.08. The summed E-state index contributed by atoms with van der Waals surface area (Å²) in [5.74, 6) is 0.00347. The van der Waals surface area contributed by atoms with E-state index in [0.29, 0.717) is 24.0 Å². The van der Waals surface area contributed by atoms with E-state index in [0.717, 1.165) is 12.8 Å². The summed E-state index contributed by atoms with van der Waals surface area (Å²) >= 11 is 0. The monoisotopic (exact) mass is 264 g/mol. The van der Waals surface area contributed by atoms with Crippen LogP contribution in [0.25, 0.3) is 0 Å². The molecular formula is C14H24N4O. The Morgan fingerprint density at radius 2 is 2.05 bits per heavy atom. The Bertz CT molecular complexity index is 433. The van der Waals surface area contributed by atoms with E-state index in [-0.39, 0.29) is 5.91 Å². The first kappa shape index (κ1) is 13.9. The molecule has 5 heteroatoms. The van der Waals surface area contributed by atoms with Crippen molar-refractivity contribution in [1.29, 1.82) is 0 Å². The lowest BCUT2D eigenvalue weighted by Gasteiger charge is -2.27. The normalized spacial score (nSPS) is 17.2. The summed E-state index contributed by atoms with van der Waals surface area (Å²) in [7, 11) is 1.89. The molecule has 2 rings (SSSR count). The first-order valence-corrected chi connectivity index (χ1v) is 7.23. The molecule has 1 fully saturated rings. The molecule has 0 spiro atoms. The highest BCUT2D eigenvalue weighted by Crippen LogP contribution is 2.23. The van der Waals surface area contributed by atoms with Gasteiger partial charge in [0, 0.05) is 19.6 Å². The highest BCUT2D eigenvalue weighted by atomic mass is 16.2. The highest BCUT2D eigenvalue weighted by molar-refractivity contribution is 5.97. The van der Waals surface area contributed by atoms with Gasteiger partial charge in [0.15, 0.2) is 0 Å². The van der Waals surface area contributed by atoms with Gasteiger partial charge in [-0.2, -0.15) is 5.10 Å². The van der Waals surface area contributed by atoms with Crippen LogP contribution in [0.1, 0.15) is 55.9 Å². The summed E-state index contributed by atoms with van der Waals surface area (Å²) in [5.41, 5.74) is 6.90. The van der Waals surface area contributed by atoms with Crippen molar-refractivity contribution in [1.82, 2.24) is 14.7 Å². The summed E-state index contributed by atoms with van der Waals surface area (Å²) in [6, 6.07) is 0.342. The molecule has 1 heterocycles. The third kappa shape index (κ3) is 2.91. The summed E-state index contributed by atoms with van der Waals surface area (Å²) in [6.07, 6.45) is 8.76. The summed E-state index contributed by atoms with van der Waals surface area (Å²) < 4.78 is 1.69. The van der Waals surface area contributed by atoms with Crippen molar-refractivity contribution in [2.75, 3.05) is 12.8 Å². The quantitative estimate of drug-likeness (QED) is 0.852. The predicted octanol–water partition coefficient (Wildman–Crippen LogP) is 2.28. The molecule has 19 heavy (non-hydrogen) atoms. The number of nitrogens with zero attached hydrogens (tertiary/aromatic N) is 3. The average molecular weight is 264 g/mol. The average Bonchev–Trinajstić information content (AvgIpc) is 2.64. The Morgan fingerprint density at radius 3 is 2.63 bits per heavy atom. The Balaban J connectivity index is 2.15. The lowest BCUT2D eigenvalue weighted by molar-refractivity contribution is 0.0706. The van der Waals surface area contributed by atoms with Crippen LogP contribution in [0.4, 0.5) is 5.69 Å². The molecule has 0 bridgehead atoms. The van der Waals surface area contributed by atoms with Crippen molar-refractivity contribution in [3.05, 3.63) is 11.9 Å². The number of nitrogens with two attached hydrogens (primary N) is 1. The van der Waals surface area contributed by atoms with E-state index in [1.54, 1.807) is 10.9 Å². The maximum atomic E-state index is 12.6. The number of hydrogen-bond acceptors (Lipinski definition) is 3. The number of carbonyl (C=O) groups excluding carboxylic acids is 1. The zero-order chi connectivity index (χ0) is 13.8. The predicted molar refractivity (Wildman–Crippen MR) is 75.9 cm³/mol. The molecule has 1 aromatic heterocycles. The van der Waals surface area contributed by atoms with Crippen LogP contribution in [0.5, 0.6) is 0 Å². The fourth-order valence-electron chi connectivity index (χ4n) is 2.85. The van der Waals surface area contributed by atoms with Crippen LogP contribution < -0.4 is 5.73 Å². The Hall–Kier alpha value is -1.52. The number of nitrogen functional groups attached to an aromatic ring is 1. The molecule has 0 radical (unpaired) electrons. The molecule has 0 unspecified atom stereocenters. The van der Waals surface area contributed by atoms with E-state index in [4.69, 9.17) is 5.73 Å². The standard InChI is InChI=1S/C14H24N4O/c1-3-18-13(12(15)10-16-18)14(19)17(2)11-8-6-4-5-7-9-11/h10-11H,3-9,15H2,1-2H3. The van der Waals surface area contributed by atoms with Gasteiger partial charge in [0.1, 0.15) is 5.69 Å². The summed E-state index contributed by atoms with van der Waals surface area (Å²) in [6.45, 7) is 2.63. The van der Waals surface area contributed by atoms with Crippen LogP contribution in [0.3, 0.4) is 0 Å². The van der Waals surface area contributed by atoms with E-state index < -0.39 is 0 Å². The van der Waals surface area contributed by atoms with Gasteiger partial charge in [-0.05, 0) is 19.8 Å². The second-order valence-electron chi connectivity index (χ2n) is 5.33. The number of aromatic nitrogens is 2. The first-order chi connectivity index (χ1) is 9.15. The van der Waals surface area contributed by atoms with Gasteiger partial charge in [0.25, 0.3) is 5.91 Å². The number of amides is 1. The molecule has 106 valence electrons. The molecule has 0 saturated heterocycles. The topological polar surface area (TPSA) is 64.2 Å². The molecule has 1 amide bonds. The SMILES string of the molecule is CCn1ncc(N)c1C(=O)N(C)C1CCCCCC1. The molecule has 1 aliphatic rings. The van der Waals surface area contributed by atoms with Crippen LogP contribution in [0.2, 0.25) is 0 Å². The van der Waals surface area contributed by atoms with Gasteiger partial charge < -0.3 is 10.6 Å². The van der Waals surface area contributed by atoms with E-state index in [9.17, 15) is 4.79 Å². The third-order valence-electron chi connectivity index (χ3n) is 4.06. The lowest BCUT2D eigenvalue weighted by atomic mass is 10.1. The minimum Gasteiger partial charge on any atom is -0.396 e. The Morgan fingerprint density at radius 1 is 1.42 bits per heavy atom. The first-order valence-electron chi connectivity index (χ1n) is 7.23. The van der Waals surface area contributed by atoms with Crippen molar-refractivity contribution in [2.24, 2.45) is 0 Å². The number of anilines is 1. The van der Waals surface area contributed by atoms with Gasteiger partial charge in [0.05, 0.1) is 11.9 Å². The van der Waals surface area contributed by atoms with E-state index in [1.807, 2.05) is 18.9 Å². The van der Waals surface area contributed by atoms with E-state index >= 15 is 0 Å². The Kier molecular flexibility index (Phi) is 4.45. The van der Waals surface area contributed by atoms with Gasteiger partial charge in [-0.1, -0.05) is 25.7 Å². The number of hydrogen-bond donors (Lipinski definition) is 1. The van der Waals surface area contributed by atoms with Crippen LogP contribution in [-0.2, 0) is 6.54 Å². The van der Waals surface area contributed by atoms with Crippen molar-refractivity contribution in [3.63, 3.8) is 0 Å². The molecule has 5 nitrogen and oxygen atoms in total. The zero-order valence-corrected chi connectivity index (χ0v) is 11.9. The molecule has 0 atom stereocenters. The smallest absolute Gasteiger partial charge is 0.274 e. The molecule has 2 N–H and O–H groups in total. The van der Waals surface area contributed by atoms with Gasteiger partial charge in [-0.3, -0.25) is 9.48 Å². The molecule has 1 saturated carbocycles. The molecule has 1 aliphatic carbocycles. The summed E-state index contributed by atoms with van der Waals surface area (Å²) in [4.78, 5) is 14.5. The Labute approximate surface area is 114 Å². The second-order valence-corrected chi connectivity index (χ2v) is 5.33. The minimum atomic E-state index is 0.00347. The maximum Gasteiger partial charge on any atom is 0.274 e. The number of rotatable bonds is 3. The van der Waals surface area contributed by atoms with Crippen LogP contribution in [-0.4, -0.2) is 33.7 Å². The maximum absolute atomic E-state index is 12.6. The summed E-state index contributed by atoms with van der Waals surface area (Å²) in [5, 5.41) is 4.15. The fraction of sp³-hybridized carbons (Fsp3) is 0.714. The van der Waals surface area contributed by atoms with E-state index in [1.165, 1.54) is 25.7 Å². The number of aryl methyl sites for hydroxylation is 1. The van der Waals surface area contributed by atoms with Gasteiger partial charge in [0.2, 0.25) is 0 Å². The van der Waals surface area contributed by atoms with Crippen molar-refractivity contribution in [2.45, 2.75) is 58.0 Å². The van der Waals surface area contributed by atoms with Gasteiger partial charge in [-0.15, -0.1) is 0 Å². The minimum absolute atomic E-state index is 0.00347. The molecule has 0 aromatic carbocycles. The molecule has 1 aromatic rings. The fourth-order valence-corrected chi connectivity index (χ4v) is 2.85. The van der Waals surface area contributed by atoms with E-state index in [2.05, 4.69) is 5.10 Å². The molecule has 0 aliphatic heterocycles. The largest absolute Gasteiger partial charge is 0.396 e. The third-order valence-corrected chi connectivity index (χ3v) is 4.06. The van der Waals surface area contributed by atoms with Crippen LogP contribution in [0, 0.1) is 0 Å². The zero-order valence-electron chi connectivity index (χ0n) is 11.9. The number of carbonyl (C=O) groups is 1.